The van der Waals surface area contributed by atoms with E-state index in [1.807, 2.05) is 18.2 Å². The van der Waals surface area contributed by atoms with E-state index in [1.54, 1.807) is 0 Å². The number of nitrogens with zero attached hydrogens (tertiary/aromatic N) is 1. The van der Waals surface area contributed by atoms with Gasteiger partial charge in [-0.1, -0.05) is 6.07 Å². The maximum Gasteiger partial charge on any atom is 0.128 e. The van der Waals surface area contributed by atoms with Gasteiger partial charge in [-0.3, -0.25) is 4.90 Å². The topological polar surface area (TPSA) is 47.7 Å². The molecule has 1 unspecified atom stereocenters. The molecule has 0 saturated carbocycles. The van der Waals surface area contributed by atoms with Crippen LogP contribution < -0.4 is 15.2 Å². The first-order chi connectivity index (χ1) is 10.0. The van der Waals surface area contributed by atoms with Crippen molar-refractivity contribution in [3.8, 4) is 11.5 Å². The Morgan fingerprint density at radius 2 is 2.10 bits per heavy atom. The average molecular weight is 290 g/mol. The van der Waals surface area contributed by atoms with Gasteiger partial charge in [0.05, 0.1) is 0 Å². The molecule has 2 heterocycles. The number of likely N-dealkylation sites (tertiary alicyclic amines) is 1. The Hall–Kier alpha value is -1.26. The predicted octanol–water partition coefficient (Wildman–Crippen LogP) is 2.72. The Morgan fingerprint density at radius 1 is 1.33 bits per heavy atom. The molecule has 4 heteroatoms. The Kier molecular flexibility index (Phi) is 4.09. The monoisotopic (exact) mass is 290 g/mol. The van der Waals surface area contributed by atoms with Crippen molar-refractivity contribution in [3.63, 3.8) is 0 Å². The van der Waals surface area contributed by atoms with Crippen LogP contribution in [-0.2, 0) is 0 Å². The third-order valence-corrected chi connectivity index (χ3v) is 4.36. The Bertz CT molecular complexity index is 496. The fourth-order valence-electron chi connectivity index (χ4n) is 3.28. The van der Waals surface area contributed by atoms with Crippen molar-refractivity contribution < 1.29 is 9.47 Å². The summed E-state index contributed by atoms with van der Waals surface area (Å²) in [7, 11) is 0. The lowest BCUT2D eigenvalue weighted by Crippen LogP contribution is -2.37. The first kappa shape index (κ1) is 14.7. The molecule has 1 atom stereocenters. The van der Waals surface area contributed by atoms with Crippen LogP contribution in [0.4, 0.5) is 0 Å². The summed E-state index contributed by atoms with van der Waals surface area (Å²) in [6.45, 7) is 8.31. The van der Waals surface area contributed by atoms with Gasteiger partial charge >= 0.3 is 0 Å². The molecule has 2 aliphatic heterocycles. The summed E-state index contributed by atoms with van der Waals surface area (Å²) >= 11 is 0. The van der Waals surface area contributed by atoms with Gasteiger partial charge in [-0.25, -0.2) is 0 Å². The lowest BCUT2D eigenvalue weighted by Gasteiger charge is -2.36. The third kappa shape index (κ3) is 3.50. The quantitative estimate of drug-likeness (QED) is 0.926. The molecule has 0 bridgehead atoms. The molecular formula is C17H26N2O2. The minimum atomic E-state index is -0.208. The van der Waals surface area contributed by atoms with Crippen LogP contribution in [0.1, 0.15) is 44.7 Å². The van der Waals surface area contributed by atoms with Crippen molar-refractivity contribution >= 4 is 0 Å². The van der Waals surface area contributed by atoms with Gasteiger partial charge in [0.1, 0.15) is 23.7 Å². The van der Waals surface area contributed by atoms with Crippen molar-refractivity contribution in [3.05, 3.63) is 23.8 Å². The highest BCUT2D eigenvalue weighted by molar-refractivity contribution is 5.44. The standard InChI is InChI=1S/C17H26N2O2/c1-17(2)12-15(18)14-6-5-13(11-16(14)21-17)20-10-9-19-7-3-4-8-19/h5-6,11,15H,3-4,7-10,12,18H2,1-2H3. The van der Waals surface area contributed by atoms with Crippen molar-refractivity contribution in [2.75, 3.05) is 26.2 Å². The number of hydrogen-bond donors (Lipinski definition) is 1. The van der Waals surface area contributed by atoms with Crippen LogP contribution >= 0.6 is 0 Å². The zero-order valence-electron chi connectivity index (χ0n) is 13.1. The van der Waals surface area contributed by atoms with Gasteiger partial charge in [0.15, 0.2) is 0 Å². The lowest BCUT2D eigenvalue weighted by atomic mass is 9.90. The van der Waals surface area contributed by atoms with Gasteiger partial charge < -0.3 is 15.2 Å². The van der Waals surface area contributed by atoms with Crippen molar-refractivity contribution in [2.24, 2.45) is 5.73 Å². The molecule has 4 nitrogen and oxygen atoms in total. The average Bonchev–Trinajstić information content (AvgIpc) is 2.90. The highest BCUT2D eigenvalue weighted by Crippen LogP contribution is 2.39. The molecule has 3 rings (SSSR count). The molecule has 0 amide bonds. The fourth-order valence-corrected chi connectivity index (χ4v) is 3.28. The van der Waals surface area contributed by atoms with Gasteiger partial charge in [0, 0.05) is 30.6 Å². The number of hydrogen-bond acceptors (Lipinski definition) is 4. The van der Waals surface area contributed by atoms with E-state index < -0.39 is 0 Å². The largest absolute Gasteiger partial charge is 0.492 e. The van der Waals surface area contributed by atoms with Crippen molar-refractivity contribution in [1.29, 1.82) is 0 Å². The van der Waals surface area contributed by atoms with Gasteiger partial charge in [0.25, 0.3) is 0 Å². The molecule has 1 saturated heterocycles. The molecular weight excluding hydrogens is 264 g/mol. The number of ether oxygens (including phenoxy) is 2. The Morgan fingerprint density at radius 3 is 2.86 bits per heavy atom. The van der Waals surface area contributed by atoms with Gasteiger partial charge in [-0.15, -0.1) is 0 Å². The SMILES string of the molecule is CC1(C)CC(N)c2ccc(OCCN3CCCC3)cc2O1. The summed E-state index contributed by atoms with van der Waals surface area (Å²) in [6, 6.07) is 6.08. The third-order valence-electron chi connectivity index (χ3n) is 4.36. The Balaban J connectivity index is 1.62. The number of benzene rings is 1. The summed E-state index contributed by atoms with van der Waals surface area (Å²) in [5.74, 6) is 1.75. The van der Waals surface area contributed by atoms with Crippen LogP contribution in [0.25, 0.3) is 0 Å². The minimum absolute atomic E-state index is 0.0439. The van der Waals surface area contributed by atoms with E-state index in [0.29, 0.717) is 0 Å². The van der Waals surface area contributed by atoms with E-state index in [9.17, 15) is 0 Å². The molecule has 0 spiro atoms. The van der Waals surface area contributed by atoms with Gasteiger partial charge in [-0.2, -0.15) is 0 Å². The smallest absolute Gasteiger partial charge is 0.128 e. The first-order valence-electron chi connectivity index (χ1n) is 7.97. The highest BCUT2D eigenvalue weighted by Gasteiger charge is 2.31. The molecule has 21 heavy (non-hydrogen) atoms. The molecule has 0 aromatic heterocycles. The maximum absolute atomic E-state index is 6.23. The second-order valence-electron chi connectivity index (χ2n) is 6.77. The van der Waals surface area contributed by atoms with Crippen molar-refractivity contribution in [1.82, 2.24) is 4.90 Å². The Labute approximate surface area is 127 Å². The summed E-state index contributed by atoms with van der Waals surface area (Å²) < 4.78 is 11.9. The second-order valence-corrected chi connectivity index (χ2v) is 6.77. The van der Waals surface area contributed by atoms with E-state index in [2.05, 4.69) is 18.7 Å². The highest BCUT2D eigenvalue weighted by atomic mass is 16.5. The van der Waals surface area contributed by atoms with Crippen molar-refractivity contribution in [2.45, 2.75) is 44.8 Å². The number of nitrogens with two attached hydrogens (primary N) is 1. The summed E-state index contributed by atoms with van der Waals surface area (Å²) in [5.41, 5.74) is 7.10. The van der Waals surface area contributed by atoms with Crippen LogP contribution in [0, 0.1) is 0 Å². The zero-order chi connectivity index (χ0) is 14.9. The second kappa shape index (κ2) is 5.85. The fraction of sp³-hybridized carbons (Fsp3) is 0.647. The molecule has 116 valence electrons. The molecule has 2 aliphatic rings. The van der Waals surface area contributed by atoms with Gasteiger partial charge in [-0.05, 0) is 45.8 Å². The lowest BCUT2D eigenvalue weighted by molar-refractivity contribution is 0.0724. The number of rotatable bonds is 4. The van der Waals surface area contributed by atoms with Crippen LogP contribution in [-0.4, -0.2) is 36.7 Å². The van der Waals surface area contributed by atoms with Crippen LogP contribution in [0.3, 0.4) is 0 Å². The van der Waals surface area contributed by atoms with Gasteiger partial charge in [0.2, 0.25) is 0 Å². The molecule has 1 fully saturated rings. The maximum atomic E-state index is 6.23. The van der Waals surface area contributed by atoms with E-state index in [0.717, 1.165) is 36.6 Å². The summed E-state index contributed by atoms with van der Waals surface area (Å²) in [5, 5.41) is 0. The summed E-state index contributed by atoms with van der Waals surface area (Å²) in [6.07, 6.45) is 3.48. The molecule has 1 aromatic rings. The zero-order valence-corrected chi connectivity index (χ0v) is 13.1. The predicted molar refractivity (Wildman–Crippen MR) is 83.9 cm³/mol. The van der Waals surface area contributed by atoms with Crippen LogP contribution in [0.15, 0.2) is 18.2 Å². The van der Waals surface area contributed by atoms with Crippen LogP contribution in [0.2, 0.25) is 0 Å². The van der Waals surface area contributed by atoms with E-state index in [-0.39, 0.29) is 11.6 Å². The van der Waals surface area contributed by atoms with Crippen LogP contribution in [0.5, 0.6) is 11.5 Å². The first-order valence-corrected chi connectivity index (χ1v) is 7.97. The molecule has 2 N–H and O–H groups in total. The molecule has 0 aliphatic carbocycles. The minimum Gasteiger partial charge on any atom is -0.492 e. The number of fused-ring (bicyclic) bond motifs is 1. The normalized spacial score (nSPS) is 24.4. The molecule has 0 radical (unpaired) electrons. The van der Waals surface area contributed by atoms with E-state index >= 15 is 0 Å². The summed E-state index contributed by atoms with van der Waals surface area (Å²) in [4.78, 5) is 2.45. The van der Waals surface area contributed by atoms with E-state index in [4.69, 9.17) is 15.2 Å². The van der Waals surface area contributed by atoms with E-state index in [1.165, 1.54) is 25.9 Å². The molecule has 1 aromatic carbocycles.